The van der Waals surface area contributed by atoms with Gasteiger partial charge in [0.25, 0.3) is 11.8 Å². The predicted molar refractivity (Wildman–Crippen MR) is 164 cm³/mol. The number of hydrogen-bond donors (Lipinski definition) is 3. The van der Waals surface area contributed by atoms with Crippen LogP contribution in [0.25, 0.3) is 0 Å². The Kier molecular flexibility index (Phi) is 10.9. The molecule has 44 heavy (non-hydrogen) atoms. The maximum absolute atomic E-state index is 13.5. The minimum Gasteiger partial charge on any atom is -0.390 e. The van der Waals surface area contributed by atoms with E-state index < -0.39 is 29.8 Å². The van der Waals surface area contributed by atoms with Gasteiger partial charge in [-0.2, -0.15) is 13.2 Å². The standard InChI is InChI=1S/C33H35F3N4O3S/c1-21-12-25(16-26(13-21)32(43)40(3)19-30-38-22(2)20-44-30)31(42)39-28(15-23-8-5-4-6-9-23)29(41)18-37-17-24-10-7-11-27(14-24)33(34,35)36/h4-14,16,20,28-29,37,41H,15,17-19H2,1-3H3,(H,39,42)/t28-,29+/m0/s1. The number of hydrogen-bond acceptors (Lipinski definition) is 6. The number of alkyl halides is 3. The molecule has 11 heteroatoms. The van der Waals surface area contributed by atoms with Crippen molar-refractivity contribution in [3.05, 3.63) is 122 Å². The second-order valence-corrected chi connectivity index (χ2v) is 11.7. The lowest BCUT2D eigenvalue weighted by Crippen LogP contribution is -2.48. The van der Waals surface area contributed by atoms with Crippen LogP contribution in [0.1, 0.15) is 53.7 Å². The van der Waals surface area contributed by atoms with Crippen LogP contribution in [0, 0.1) is 13.8 Å². The van der Waals surface area contributed by atoms with E-state index in [2.05, 4.69) is 15.6 Å². The summed E-state index contributed by atoms with van der Waals surface area (Å²) in [4.78, 5) is 32.7. The maximum Gasteiger partial charge on any atom is 0.416 e. The van der Waals surface area contributed by atoms with Crippen LogP contribution in [0.5, 0.6) is 0 Å². The summed E-state index contributed by atoms with van der Waals surface area (Å²) in [6.07, 6.45) is -5.20. The molecule has 3 aromatic carbocycles. The third-order valence-corrected chi connectivity index (χ3v) is 7.94. The van der Waals surface area contributed by atoms with Crippen LogP contribution in [0.4, 0.5) is 13.2 Å². The summed E-state index contributed by atoms with van der Waals surface area (Å²) in [5.74, 6) is -0.714. The second kappa shape index (κ2) is 14.6. The zero-order valence-electron chi connectivity index (χ0n) is 24.7. The highest BCUT2D eigenvalue weighted by atomic mass is 32.1. The number of carbonyl (C=O) groups is 2. The van der Waals surface area contributed by atoms with E-state index in [1.807, 2.05) is 42.6 Å². The second-order valence-electron chi connectivity index (χ2n) is 10.8. The lowest BCUT2D eigenvalue weighted by molar-refractivity contribution is -0.137. The molecule has 4 rings (SSSR count). The van der Waals surface area contributed by atoms with Crippen molar-refractivity contribution in [1.82, 2.24) is 20.5 Å². The highest BCUT2D eigenvalue weighted by Gasteiger charge is 2.30. The van der Waals surface area contributed by atoms with Crippen molar-refractivity contribution in [2.75, 3.05) is 13.6 Å². The molecule has 0 fully saturated rings. The summed E-state index contributed by atoms with van der Waals surface area (Å²) in [5.41, 5.74) is 2.80. The highest BCUT2D eigenvalue weighted by Crippen LogP contribution is 2.29. The molecule has 4 aromatic rings. The van der Waals surface area contributed by atoms with Crippen molar-refractivity contribution in [2.45, 2.75) is 51.7 Å². The number of amides is 2. The van der Waals surface area contributed by atoms with Gasteiger partial charge >= 0.3 is 6.18 Å². The molecule has 2 amide bonds. The number of nitrogens with one attached hydrogen (secondary N) is 2. The zero-order chi connectivity index (χ0) is 31.9. The highest BCUT2D eigenvalue weighted by molar-refractivity contribution is 7.09. The van der Waals surface area contributed by atoms with E-state index in [4.69, 9.17) is 0 Å². The van der Waals surface area contributed by atoms with Gasteiger partial charge in [-0.1, -0.05) is 48.5 Å². The predicted octanol–water partition coefficient (Wildman–Crippen LogP) is 5.54. The number of aliphatic hydroxyl groups excluding tert-OH is 1. The van der Waals surface area contributed by atoms with Crippen LogP contribution >= 0.6 is 11.3 Å². The van der Waals surface area contributed by atoms with Crippen molar-refractivity contribution in [2.24, 2.45) is 0 Å². The first kappa shape index (κ1) is 32.8. The van der Waals surface area contributed by atoms with Gasteiger partial charge in [0.2, 0.25) is 0 Å². The lowest BCUT2D eigenvalue weighted by Gasteiger charge is -2.25. The van der Waals surface area contributed by atoms with Gasteiger partial charge in [0.05, 0.1) is 24.3 Å². The summed E-state index contributed by atoms with van der Waals surface area (Å²) in [7, 11) is 1.68. The Morgan fingerprint density at radius 1 is 0.977 bits per heavy atom. The molecule has 0 radical (unpaired) electrons. The number of nitrogens with zero attached hydrogens (tertiary/aromatic N) is 2. The van der Waals surface area contributed by atoms with Crippen molar-refractivity contribution < 1.29 is 27.9 Å². The molecule has 0 aliphatic carbocycles. The fourth-order valence-corrected chi connectivity index (χ4v) is 5.60. The molecule has 0 saturated carbocycles. The van der Waals surface area contributed by atoms with Gasteiger partial charge in [-0.3, -0.25) is 9.59 Å². The Balaban J connectivity index is 1.46. The molecule has 2 atom stereocenters. The van der Waals surface area contributed by atoms with Crippen LogP contribution in [-0.4, -0.2) is 52.5 Å². The van der Waals surface area contributed by atoms with Crippen LogP contribution < -0.4 is 10.6 Å². The number of halogens is 3. The molecular weight excluding hydrogens is 589 g/mol. The fraction of sp³-hybridized carbons (Fsp3) is 0.303. The molecule has 0 bridgehead atoms. The van der Waals surface area contributed by atoms with Gasteiger partial charge in [0.1, 0.15) is 5.01 Å². The molecule has 0 unspecified atom stereocenters. The third-order valence-electron chi connectivity index (χ3n) is 6.99. The van der Waals surface area contributed by atoms with Gasteiger partial charge in [-0.25, -0.2) is 4.98 Å². The minimum absolute atomic E-state index is 0.0204. The van der Waals surface area contributed by atoms with Gasteiger partial charge in [0.15, 0.2) is 0 Å². The van der Waals surface area contributed by atoms with E-state index in [0.29, 0.717) is 24.1 Å². The Morgan fingerprint density at radius 3 is 2.36 bits per heavy atom. The average Bonchev–Trinajstić information content (AvgIpc) is 3.40. The summed E-state index contributed by atoms with van der Waals surface area (Å²) in [5, 5.41) is 19.8. The normalized spacial score (nSPS) is 12.9. The number of aromatic nitrogens is 1. The molecule has 0 spiro atoms. The van der Waals surface area contributed by atoms with Gasteiger partial charge < -0.3 is 20.6 Å². The first-order valence-electron chi connectivity index (χ1n) is 14.1. The number of rotatable bonds is 12. The Hall–Kier alpha value is -4.06. The van der Waals surface area contributed by atoms with Crippen molar-refractivity contribution >= 4 is 23.2 Å². The van der Waals surface area contributed by atoms with Crippen LogP contribution in [-0.2, 0) is 25.7 Å². The van der Waals surface area contributed by atoms with Crippen LogP contribution in [0.3, 0.4) is 0 Å². The quantitative estimate of drug-likeness (QED) is 0.192. The summed E-state index contributed by atoms with van der Waals surface area (Å²) in [6, 6.07) is 18.5. The molecule has 232 valence electrons. The summed E-state index contributed by atoms with van der Waals surface area (Å²) < 4.78 is 39.3. The van der Waals surface area contributed by atoms with E-state index in [-0.39, 0.29) is 24.6 Å². The molecule has 0 saturated heterocycles. The first-order valence-corrected chi connectivity index (χ1v) is 14.9. The molecule has 1 heterocycles. The van der Waals surface area contributed by atoms with Crippen molar-refractivity contribution in [3.8, 4) is 0 Å². The first-order chi connectivity index (χ1) is 20.9. The molecule has 7 nitrogen and oxygen atoms in total. The lowest BCUT2D eigenvalue weighted by atomic mass is 9.99. The van der Waals surface area contributed by atoms with Crippen molar-refractivity contribution in [1.29, 1.82) is 0 Å². The van der Waals surface area contributed by atoms with Crippen molar-refractivity contribution in [3.63, 3.8) is 0 Å². The number of aryl methyl sites for hydroxylation is 2. The van der Waals surface area contributed by atoms with Crippen LogP contribution in [0.15, 0.2) is 78.2 Å². The Labute approximate surface area is 258 Å². The Morgan fingerprint density at radius 2 is 1.68 bits per heavy atom. The summed E-state index contributed by atoms with van der Waals surface area (Å²) in [6.45, 7) is 4.15. The molecule has 0 aliphatic rings. The monoisotopic (exact) mass is 624 g/mol. The fourth-order valence-electron chi connectivity index (χ4n) is 4.78. The SMILES string of the molecule is Cc1cc(C(=O)N[C@@H](Cc2ccccc2)[C@H](O)CNCc2cccc(C(F)(F)F)c2)cc(C(=O)N(C)Cc2nc(C)cs2)c1. The molecule has 3 N–H and O–H groups in total. The van der Waals surface area contributed by atoms with Gasteiger partial charge in [-0.05, 0) is 61.2 Å². The number of aliphatic hydroxyl groups is 1. The minimum atomic E-state index is -4.45. The number of carbonyl (C=O) groups excluding carboxylic acids is 2. The number of benzene rings is 3. The number of thiazole rings is 1. The largest absolute Gasteiger partial charge is 0.416 e. The smallest absolute Gasteiger partial charge is 0.390 e. The van der Waals surface area contributed by atoms with E-state index in [0.717, 1.165) is 34.0 Å². The molecular formula is C33H35F3N4O3S. The van der Waals surface area contributed by atoms with E-state index >= 15 is 0 Å². The van der Waals surface area contributed by atoms with Gasteiger partial charge in [0, 0.05) is 42.3 Å². The van der Waals surface area contributed by atoms with E-state index in [9.17, 15) is 27.9 Å². The molecule has 1 aromatic heterocycles. The summed E-state index contributed by atoms with van der Waals surface area (Å²) >= 11 is 1.47. The maximum atomic E-state index is 13.5. The van der Waals surface area contributed by atoms with E-state index in [1.165, 1.54) is 23.5 Å². The average molecular weight is 625 g/mol. The third kappa shape index (κ3) is 9.22. The van der Waals surface area contributed by atoms with Crippen LogP contribution in [0.2, 0.25) is 0 Å². The topological polar surface area (TPSA) is 94.6 Å². The zero-order valence-corrected chi connectivity index (χ0v) is 25.5. The van der Waals surface area contributed by atoms with E-state index in [1.54, 1.807) is 37.1 Å². The molecule has 0 aliphatic heterocycles. The van der Waals surface area contributed by atoms with Gasteiger partial charge in [-0.15, -0.1) is 11.3 Å². The Bertz CT molecular complexity index is 1580.